The molecule has 3 aromatic rings. The van der Waals surface area contributed by atoms with E-state index in [4.69, 9.17) is 4.42 Å². The first-order valence-corrected chi connectivity index (χ1v) is 9.85. The Bertz CT molecular complexity index is 904. The summed E-state index contributed by atoms with van der Waals surface area (Å²) in [5.74, 6) is 1.74. The van der Waals surface area contributed by atoms with Gasteiger partial charge in [0.25, 0.3) is 0 Å². The summed E-state index contributed by atoms with van der Waals surface area (Å²) in [6.45, 7) is 3.85. The molecule has 0 bridgehead atoms. The lowest BCUT2D eigenvalue weighted by Gasteiger charge is -2.14. The van der Waals surface area contributed by atoms with Gasteiger partial charge in [-0.05, 0) is 37.6 Å². The number of hydrogen-bond acceptors (Lipinski definition) is 5. The van der Waals surface area contributed by atoms with E-state index in [2.05, 4.69) is 31.4 Å². The number of furan rings is 1. The molecule has 0 aliphatic rings. The number of nitrogens with zero attached hydrogens (tertiary/aromatic N) is 3. The van der Waals surface area contributed by atoms with E-state index in [1.807, 2.05) is 55.8 Å². The average Bonchev–Trinajstić information content (AvgIpc) is 3.19. The summed E-state index contributed by atoms with van der Waals surface area (Å²) in [5.41, 5.74) is 1.96. The van der Waals surface area contributed by atoms with Crippen molar-refractivity contribution in [3.8, 4) is 11.4 Å². The molecule has 0 saturated carbocycles. The molecule has 0 aliphatic heterocycles. The Hall–Kier alpha value is -2.06. The highest BCUT2D eigenvalue weighted by molar-refractivity contribution is 9.10. The summed E-state index contributed by atoms with van der Waals surface area (Å²) in [6, 6.07) is 9.71. The van der Waals surface area contributed by atoms with Crippen molar-refractivity contribution in [3.05, 3.63) is 52.4 Å². The lowest BCUT2D eigenvalue weighted by molar-refractivity contribution is -0.119. The van der Waals surface area contributed by atoms with E-state index in [0.717, 1.165) is 27.2 Å². The molecule has 0 aliphatic carbocycles. The molecule has 0 fully saturated rings. The largest absolute Gasteiger partial charge is 0.469 e. The summed E-state index contributed by atoms with van der Waals surface area (Å²) in [6.07, 6.45) is 1.63. The number of thioether (sulfide) groups is 1. The van der Waals surface area contributed by atoms with Gasteiger partial charge >= 0.3 is 0 Å². The Morgan fingerprint density at radius 2 is 2.04 bits per heavy atom. The van der Waals surface area contributed by atoms with Crippen LogP contribution >= 0.6 is 27.7 Å². The summed E-state index contributed by atoms with van der Waals surface area (Å²) in [7, 11) is 1.88. The zero-order valence-corrected chi connectivity index (χ0v) is 17.1. The van der Waals surface area contributed by atoms with Gasteiger partial charge in [0.15, 0.2) is 11.0 Å². The second-order valence-corrected chi connectivity index (χ2v) is 7.74. The predicted molar refractivity (Wildman–Crippen MR) is 105 cm³/mol. The van der Waals surface area contributed by atoms with Gasteiger partial charge in [-0.15, -0.1) is 10.2 Å². The van der Waals surface area contributed by atoms with Crippen LogP contribution < -0.4 is 5.32 Å². The second-order valence-electron chi connectivity index (χ2n) is 5.89. The number of carbonyl (C=O) groups excluding carboxylic acids is 1. The molecule has 1 N–H and O–H groups in total. The third kappa shape index (κ3) is 4.19. The minimum atomic E-state index is -0.0557. The van der Waals surface area contributed by atoms with Crippen molar-refractivity contribution in [2.45, 2.75) is 25.0 Å². The smallest absolute Gasteiger partial charge is 0.230 e. The van der Waals surface area contributed by atoms with Gasteiger partial charge in [-0.25, -0.2) is 0 Å². The number of halogens is 1. The number of hydrogen-bond donors (Lipinski definition) is 1. The molecule has 0 saturated heterocycles. The number of rotatable bonds is 6. The first-order valence-electron chi connectivity index (χ1n) is 8.07. The van der Waals surface area contributed by atoms with Gasteiger partial charge in [-0.1, -0.05) is 39.8 Å². The van der Waals surface area contributed by atoms with Crippen molar-refractivity contribution in [1.29, 1.82) is 0 Å². The van der Waals surface area contributed by atoms with E-state index in [-0.39, 0.29) is 17.7 Å². The lowest BCUT2D eigenvalue weighted by Crippen LogP contribution is -2.28. The normalized spacial score (nSPS) is 12.2. The number of aromatic nitrogens is 3. The minimum absolute atomic E-state index is 0.0468. The Balaban J connectivity index is 1.59. The van der Waals surface area contributed by atoms with Gasteiger partial charge in [0.05, 0.1) is 23.6 Å². The molecular formula is C18H19BrN4O2S. The zero-order valence-electron chi connectivity index (χ0n) is 14.7. The fourth-order valence-electron chi connectivity index (χ4n) is 2.54. The van der Waals surface area contributed by atoms with E-state index in [9.17, 15) is 4.79 Å². The van der Waals surface area contributed by atoms with E-state index in [1.165, 1.54) is 11.8 Å². The molecule has 0 radical (unpaired) electrons. The van der Waals surface area contributed by atoms with Crippen LogP contribution in [-0.2, 0) is 11.8 Å². The van der Waals surface area contributed by atoms with Gasteiger partial charge in [-0.2, -0.15) is 0 Å². The van der Waals surface area contributed by atoms with Crippen molar-refractivity contribution in [2.75, 3.05) is 5.75 Å². The highest BCUT2D eigenvalue weighted by Crippen LogP contribution is 2.26. The number of benzene rings is 1. The molecule has 3 rings (SSSR count). The van der Waals surface area contributed by atoms with Crippen molar-refractivity contribution in [3.63, 3.8) is 0 Å². The summed E-state index contributed by atoms with van der Waals surface area (Å²) in [5, 5.41) is 12.1. The summed E-state index contributed by atoms with van der Waals surface area (Å²) >= 11 is 4.77. The Kier molecular flexibility index (Phi) is 5.83. The highest BCUT2D eigenvalue weighted by Gasteiger charge is 2.16. The van der Waals surface area contributed by atoms with Crippen LogP contribution in [0.25, 0.3) is 11.4 Å². The zero-order chi connectivity index (χ0) is 18.7. The Labute approximate surface area is 164 Å². The highest BCUT2D eigenvalue weighted by atomic mass is 79.9. The maximum atomic E-state index is 12.3. The van der Waals surface area contributed by atoms with Crippen LogP contribution in [0.3, 0.4) is 0 Å². The molecule has 0 spiro atoms. The molecule has 26 heavy (non-hydrogen) atoms. The van der Waals surface area contributed by atoms with Crippen LogP contribution in [0.2, 0.25) is 0 Å². The SMILES string of the molecule is Cc1occc1-c1nnc(SCC(=O)NC(C)c2ccc(Br)cc2)n1C. The van der Waals surface area contributed by atoms with Crippen LogP contribution in [0.1, 0.15) is 24.3 Å². The molecule has 1 atom stereocenters. The fourth-order valence-corrected chi connectivity index (χ4v) is 3.53. The number of carbonyl (C=O) groups is 1. The standard InChI is InChI=1S/C18H19BrN4O2S/c1-11(13-4-6-14(19)7-5-13)20-16(24)10-26-18-22-21-17(23(18)3)15-8-9-25-12(15)2/h4-9,11H,10H2,1-3H3,(H,20,24). The predicted octanol–water partition coefficient (Wildman–Crippen LogP) is 4.12. The van der Waals surface area contributed by atoms with Gasteiger partial charge in [0, 0.05) is 11.5 Å². The molecule has 6 nitrogen and oxygen atoms in total. The van der Waals surface area contributed by atoms with Crippen LogP contribution in [0.4, 0.5) is 0 Å². The molecule has 8 heteroatoms. The van der Waals surface area contributed by atoms with E-state index in [0.29, 0.717) is 5.16 Å². The maximum absolute atomic E-state index is 12.3. The van der Waals surface area contributed by atoms with Crippen LogP contribution in [-0.4, -0.2) is 26.4 Å². The van der Waals surface area contributed by atoms with Crippen molar-refractivity contribution >= 4 is 33.6 Å². The van der Waals surface area contributed by atoms with Crippen molar-refractivity contribution < 1.29 is 9.21 Å². The Morgan fingerprint density at radius 1 is 1.31 bits per heavy atom. The first-order chi connectivity index (χ1) is 12.5. The van der Waals surface area contributed by atoms with Crippen LogP contribution in [0.15, 0.2) is 50.6 Å². The average molecular weight is 435 g/mol. The summed E-state index contributed by atoms with van der Waals surface area (Å²) in [4.78, 5) is 12.3. The topological polar surface area (TPSA) is 72.9 Å². The molecule has 1 unspecified atom stereocenters. The minimum Gasteiger partial charge on any atom is -0.469 e. The number of aryl methyl sites for hydroxylation is 1. The number of nitrogens with one attached hydrogen (secondary N) is 1. The van der Waals surface area contributed by atoms with E-state index >= 15 is 0 Å². The fraction of sp³-hybridized carbons (Fsp3) is 0.278. The molecule has 2 heterocycles. The van der Waals surface area contributed by atoms with Crippen molar-refractivity contribution in [1.82, 2.24) is 20.1 Å². The van der Waals surface area contributed by atoms with E-state index in [1.54, 1.807) is 6.26 Å². The van der Waals surface area contributed by atoms with Crippen LogP contribution in [0, 0.1) is 6.92 Å². The van der Waals surface area contributed by atoms with Crippen LogP contribution in [0.5, 0.6) is 0 Å². The quantitative estimate of drug-likeness (QED) is 0.590. The Morgan fingerprint density at radius 3 is 2.69 bits per heavy atom. The molecule has 136 valence electrons. The first kappa shape index (κ1) is 18.7. The maximum Gasteiger partial charge on any atom is 0.230 e. The van der Waals surface area contributed by atoms with Crippen molar-refractivity contribution in [2.24, 2.45) is 7.05 Å². The number of amides is 1. The second kappa shape index (κ2) is 8.09. The molecule has 2 aromatic heterocycles. The van der Waals surface area contributed by atoms with Gasteiger partial charge < -0.3 is 14.3 Å². The molecular weight excluding hydrogens is 416 g/mol. The molecule has 1 aromatic carbocycles. The third-order valence-corrected chi connectivity index (χ3v) is 5.56. The van der Waals surface area contributed by atoms with E-state index < -0.39 is 0 Å². The monoisotopic (exact) mass is 434 g/mol. The lowest BCUT2D eigenvalue weighted by atomic mass is 10.1. The van der Waals surface area contributed by atoms with Gasteiger partial charge in [-0.3, -0.25) is 4.79 Å². The van der Waals surface area contributed by atoms with Gasteiger partial charge in [0.1, 0.15) is 5.76 Å². The third-order valence-electron chi connectivity index (χ3n) is 4.01. The molecule has 1 amide bonds. The van der Waals surface area contributed by atoms with Gasteiger partial charge in [0.2, 0.25) is 5.91 Å². The summed E-state index contributed by atoms with van der Waals surface area (Å²) < 4.78 is 8.20.